The summed E-state index contributed by atoms with van der Waals surface area (Å²) in [5, 5.41) is 0.118. The van der Waals surface area contributed by atoms with Gasteiger partial charge >= 0.3 is 0 Å². The first-order valence-corrected chi connectivity index (χ1v) is 7.15. The van der Waals surface area contributed by atoms with Crippen LogP contribution in [0.15, 0.2) is 41.8 Å². The maximum Gasteiger partial charge on any atom is 0.263 e. The molecule has 0 atom stereocenters. The molecule has 100 valence electrons. The molecule has 0 fully saturated rings. The molecule has 0 aliphatic rings. The average molecular weight is 299 g/mol. The van der Waals surface area contributed by atoms with Gasteiger partial charge in [0.15, 0.2) is 0 Å². The Kier molecular flexibility index (Phi) is 3.98. The molecule has 0 aliphatic carbocycles. The predicted octanol–water partition coefficient (Wildman–Crippen LogP) is 1.39. The fraction of sp³-hybridized carbons (Fsp3) is 0.0909. The summed E-state index contributed by atoms with van der Waals surface area (Å²) in [5.74, 6) is 0. The average Bonchev–Trinajstić information content (AvgIpc) is 2.38. The number of anilines is 1. The van der Waals surface area contributed by atoms with Crippen LogP contribution in [0.25, 0.3) is 0 Å². The van der Waals surface area contributed by atoms with E-state index < -0.39 is 10.0 Å². The molecular weight excluding hydrogens is 288 g/mol. The number of hydrogen-bond acceptors (Lipinski definition) is 5. The minimum atomic E-state index is -3.77. The normalized spacial score (nSPS) is 11.3. The Morgan fingerprint density at radius 3 is 2.53 bits per heavy atom. The minimum absolute atomic E-state index is 0.0183. The first kappa shape index (κ1) is 13.7. The Hall–Kier alpha value is -1.70. The molecule has 0 amide bonds. The lowest BCUT2D eigenvalue weighted by Crippen LogP contribution is -2.14. The summed E-state index contributed by atoms with van der Waals surface area (Å²) in [6.07, 6.45) is 4.01. The smallest absolute Gasteiger partial charge is 0.263 e. The van der Waals surface area contributed by atoms with E-state index in [4.69, 9.17) is 17.3 Å². The van der Waals surface area contributed by atoms with E-state index in [1.54, 1.807) is 6.07 Å². The predicted molar refractivity (Wildman–Crippen MR) is 72.2 cm³/mol. The molecule has 0 unspecified atom stereocenters. The molecule has 2 rings (SSSR count). The van der Waals surface area contributed by atoms with E-state index >= 15 is 0 Å². The van der Waals surface area contributed by atoms with Crippen LogP contribution in [0, 0.1) is 0 Å². The molecule has 0 saturated carbocycles. The van der Waals surface area contributed by atoms with Crippen molar-refractivity contribution in [2.24, 2.45) is 5.73 Å². The van der Waals surface area contributed by atoms with Gasteiger partial charge in [0.25, 0.3) is 10.0 Å². The molecule has 0 saturated heterocycles. The molecule has 0 aliphatic heterocycles. The maximum atomic E-state index is 12.1. The van der Waals surface area contributed by atoms with Gasteiger partial charge in [0.05, 0.1) is 23.1 Å². The van der Waals surface area contributed by atoms with Crippen LogP contribution in [0.2, 0.25) is 5.02 Å². The third-order valence-corrected chi connectivity index (χ3v) is 4.20. The molecule has 0 radical (unpaired) electrons. The molecule has 3 N–H and O–H groups in total. The first-order valence-electron chi connectivity index (χ1n) is 5.29. The SMILES string of the molecule is NCc1ccc(S(=O)(=O)Nc2cncnc2)c(Cl)c1. The van der Waals surface area contributed by atoms with Crippen LogP contribution >= 0.6 is 11.6 Å². The lowest BCUT2D eigenvalue weighted by atomic mass is 10.2. The Morgan fingerprint density at radius 1 is 1.26 bits per heavy atom. The van der Waals surface area contributed by atoms with Crippen molar-refractivity contribution in [3.05, 3.63) is 47.5 Å². The number of rotatable bonds is 4. The number of nitrogens with two attached hydrogens (primary N) is 1. The third kappa shape index (κ3) is 3.19. The van der Waals surface area contributed by atoms with Crippen LogP contribution in [0.3, 0.4) is 0 Å². The molecule has 1 aromatic carbocycles. The zero-order valence-corrected chi connectivity index (χ0v) is 11.3. The van der Waals surface area contributed by atoms with Crippen molar-refractivity contribution >= 4 is 27.3 Å². The maximum absolute atomic E-state index is 12.1. The van der Waals surface area contributed by atoms with E-state index in [1.165, 1.54) is 30.9 Å². The van der Waals surface area contributed by atoms with Crippen molar-refractivity contribution in [1.82, 2.24) is 9.97 Å². The van der Waals surface area contributed by atoms with E-state index in [-0.39, 0.29) is 15.6 Å². The largest absolute Gasteiger partial charge is 0.326 e. The van der Waals surface area contributed by atoms with E-state index in [0.29, 0.717) is 6.54 Å². The van der Waals surface area contributed by atoms with Crippen LogP contribution < -0.4 is 10.5 Å². The van der Waals surface area contributed by atoms with Crippen molar-refractivity contribution in [3.63, 3.8) is 0 Å². The Bertz CT molecular complexity index is 676. The van der Waals surface area contributed by atoms with E-state index in [1.807, 2.05) is 0 Å². The van der Waals surface area contributed by atoms with Gasteiger partial charge in [0.2, 0.25) is 0 Å². The van der Waals surface area contributed by atoms with Crippen molar-refractivity contribution in [1.29, 1.82) is 0 Å². The van der Waals surface area contributed by atoms with Crippen molar-refractivity contribution < 1.29 is 8.42 Å². The zero-order chi connectivity index (χ0) is 13.9. The summed E-state index contributed by atoms with van der Waals surface area (Å²) in [6.45, 7) is 0.292. The van der Waals surface area contributed by atoms with Gasteiger partial charge in [-0.2, -0.15) is 0 Å². The quantitative estimate of drug-likeness (QED) is 0.889. The second kappa shape index (κ2) is 5.52. The minimum Gasteiger partial charge on any atom is -0.326 e. The summed E-state index contributed by atoms with van der Waals surface area (Å²) in [5.41, 5.74) is 6.48. The van der Waals surface area contributed by atoms with Gasteiger partial charge in [-0.25, -0.2) is 18.4 Å². The molecule has 6 nitrogen and oxygen atoms in total. The molecule has 8 heteroatoms. The molecule has 19 heavy (non-hydrogen) atoms. The Morgan fingerprint density at radius 2 is 1.95 bits per heavy atom. The van der Waals surface area contributed by atoms with Gasteiger partial charge in [0, 0.05) is 6.54 Å². The van der Waals surface area contributed by atoms with Crippen LogP contribution in [0.4, 0.5) is 5.69 Å². The number of hydrogen-bond donors (Lipinski definition) is 2. The van der Waals surface area contributed by atoms with Gasteiger partial charge in [-0.05, 0) is 17.7 Å². The number of sulfonamides is 1. The molecule has 1 heterocycles. The standard InChI is InChI=1S/C11H11ClN4O2S/c12-10-3-8(4-13)1-2-11(10)19(17,18)16-9-5-14-7-15-6-9/h1-3,5-7,16H,4,13H2. The lowest BCUT2D eigenvalue weighted by Gasteiger charge is -2.09. The summed E-state index contributed by atoms with van der Waals surface area (Å²) < 4.78 is 26.6. The highest BCUT2D eigenvalue weighted by Gasteiger charge is 2.18. The molecule has 2 aromatic rings. The first-order chi connectivity index (χ1) is 9.03. The summed E-state index contributed by atoms with van der Waals surface area (Å²) in [7, 11) is -3.77. The monoisotopic (exact) mass is 298 g/mol. The lowest BCUT2D eigenvalue weighted by molar-refractivity contribution is 0.601. The van der Waals surface area contributed by atoms with E-state index in [2.05, 4.69) is 14.7 Å². The second-order valence-corrected chi connectivity index (χ2v) is 5.76. The summed E-state index contributed by atoms with van der Waals surface area (Å²) in [4.78, 5) is 7.43. The van der Waals surface area contributed by atoms with E-state index in [0.717, 1.165) is 5.56 Å². The van der Waals surface area contributed by atoms with Crippen LogP contribution in [0.5, 0.6) is 0 Å². The molecule has 0 spiro atoms. The van der Waals surface area contributed by atoms with Crippen LogP contribution in [-0.2, 0) is 16.6 Å². The van der Waals surface area contributed by atoms with Gasteiger partial charge < -0.3 is 5.73 Å². The number of halogens is 1. The van der Waals surface area contributed by atoms with E-state index in [9.17, 15) is 8.42 Å². The van der Waals surface area contributed by atoms with Crippen molar-refractivity contribution in [2.75, 3.05) is 4.72 Å². The number of aromatic nitrogens is 2. The molecule has 0 bridgehead atoms. The molecule has 1 aromatic heterocycles. The fourth-order valence-corrected chi connectivity index (χ4v) is 3.05. The number of benzene rings is 1. The summed E-state index contributed by atoms with van der Waals surface area (Å²) in [6, 6.07) is 4.55. The highest BCUT2D eigenvalue weighted by molar-refractivity contribution is 7.92. The zero-order valence-electron chi connectivity index (χ0n) is 9.75. The summed E-state index contributed by atoms with van der Waals surface area (Å²) >= 11 is 5.95. The highest BCUT2D eigenvalue weighted by Crippen LogP contribution is 2.24. The highest BCUT2D eigenvalue weighted by atomic mass is 35.5. The third-order valence-electron chi connectivity index (χ3n) is 2.33. The van der Waals surface area contributed by atoms with Crippen molar-refractivity contribution in [3.8, 4) is 0 Å². The number of nitrogens with one attached hydrogen (secondary N) is 1. The Balaban J connectivity index is 2.35. The van der Waals surface area contributed by atoms with Gasteiger partial charge in [0.1, 0.15) is 11.2 Å². The van der Waals surface area contributed by atoms with Gasteiger partial charge in [-0.15, -0.1) is 0 Å². The van der Waals surface area contributed by atoms with Crippen LogP contribution in [-0.4, -0.2) is 18.4 Å². The number of nitrogens with zero attached hydrogens (tertiary/aromatic N) is 2. The topological polar surface area (TPSA) is 98.0 Å². The fourth-order valence-electron chi connectivity index (χ4n) is 1.45. The Labute approximate surface area is 115 Å². The van der Waals surface area contributed by atoms with Crippen LogP contribution in [0.1, 0.15) is 5.56 Å². The molecular formula is C11H11ClN4O2S. The van der Waals surface area contributed by atoms with Crippen molar-refractivity contribution in [2.45, 2.75) is 11.4 Å². The second-order valence-electron chi connectivity index (χ2n) is 3.70. The van der Waals surface area contributed by atoms with Gasteiger partial charge in [-0.1, -0.05) is 17.7 Å². The van der Waals surface area contributed by atoms with Gasteiger partial charge in [-0.3, -0.25) is 4.72 Å².